The van der Waals surface area contributed by atoms with Crippen molar-refractivity contribution in [1.82, 2.24) is 9.36 Å². The van der Waals surface area contributed by atoms with Crippen LogP contribution in [-0.4, -0.2) is 65.6 Å². The molecule has 0 saturated heterocycles. The van der Waals surface area contributed by atoms with Gasteiger partial charge in [0.25, 0.3) is 0 Å². The Morgan fingerprint density at radius 1 is 1.19 bits per heavy atom. The minimum absolute atomic E-state index is 0.0802. The minimum atomic E-state index is -1.34. The maximum Gasteiger partial charge on any atom is 0.362 e. The molecule has 1 heterocycles. The fraction of sp³-hybridized carbons (Fsp3) is 0.667. The molecule has 0 aromatic carbocycles. The van der Waals surface area contributed by atoms with Crippen LogP contribution in [-0.2, 0) is 23.9 Å². The molecule has 1 aromatic rings. The molecule has 0 unspecified atom stereocenters. The maximum atomic E-state index is 11.2. The van der Waals surface area contributed by atoms with Gasteiger partial charge in [0.15, 0.2) is 0 Å². The predicted octanol–water partition coefficient (Wildman–Crippen LogP) is 1.53. The smallest absolute Gasteiger partial charge is 0.362 e. The van der Waals surface area contributed by atoms with Crippen LogP contribution in [0.1, 0.15) is 38.4 Å². The number of carbonyl (C=O) groups is 2. The van der Waals surface area contributed by atoms with E-state index in [0.717, 1.165) is 24.6 Å². The van der Waals surface area contributed by atoms with Crippen molar-refractivity contribution < 1.29 is 29.0 Å². The summed E-state index contributed by atoms with van der Waals surface area (Å²) in [5.41, 5.74) is -0.449. The molecule has 0 bridgehead atoms. The van der Waals surface area contributed by atoms with Crippen LogP contribution in [0.2, 0.25) is 0 Å². The molecule has 0 radical (unpaired) electrons. The van der Waals surface area contributed by atoms with Crippen molar-refractivity contribution in [2.75, 3.05) is 38.4 Å². The summed E-state index contributed by atoms with van der Waals surface area (Å²) in [5, 5.41) is 15.1. The molecule has 0 saturated carbocycles. The molecule has 10 nitrogen and oxygen atoms in total. The Hall–Kier alpha value is -2.11. The third kappa shape index (κ3) is 9.39. The number of unbranched alkanes of at least 4 members (excludes halogenated alkanes) is 3. The maximum absolute atomic E-state index is 11.2. The van der Waals surface area contributed by atoms with Crippen LogP contribution in [0, 0.1) is 0 Å². The number of hydrogen-bond donors (Lipinski definition) is 2. The molecule has 11 heteroatoms. The number of aromatic nitrogens is 2. The average molecular weight is 388 g/mol. The summed E-state index contributed by atoms with van der Waals surface area (Å²) in [4.78, 5) is 30.2. The molecule has 26 heavy (non-hydrogen) atoms. The Balaban J connectivity index is 2.18. The van der Waals surface area contributed by atoms with Crippen LogP contribution >= 0.6 is 11.5 Å². The monoisotopic (exact) mass is 388 g/mol. The van der Waals surface area contributed by atoms with Crippen molar-refractivity contribution in [3.8, 4) is 0 Å². The minimum Gasteiger partial charge on any atom is -0.476 e. The quantitative estimate of drug-likeness (QED) is 0.188. The lowest BCUT2D eigenvalue weighted by atomic mass is 10.2. The summed E-state index contributed by atoms with van der Waals surface area (Å²) in [6.07, 6.45) is 5.07. The van der Waals surface area contributed by atoms with Crippen LogP contribution in [0.4, 0.5) is 5.13 Å². The zero-order valence-corrected chi connectivity index (χ0v) is 15.5. The SMILES string of the molecule is CCCCCCOCCOCCO/N=C(\C(=O)O)c1nsc(NC=O)n1. The van der Waals surface area contributed by atoms with Gasteiger partial charge in [0, 0.05) is 18.1 Å². The van der Waals surface area contributed by atoms with E-state index in [0.29, 0.717) is 19.6 Å². The molecule has 1 amide bonds. The summed E-state index contributed by atoms with van der Waals surface area (Å²) in [6.45, 7) is 4.16. The van der Waals surface area contributed by atoms with Gasteiger partial charge in [0.2, 0.25) is 23.1 Å². The Morgan fingerprint density at radius 3 is 2.62 bits per heavy atom. The van der Waals surface area contributed by atoms with Crippen molar-refractivity contribution in [3.63, 3.8) is 0 Å². The van der Waals surface area contributed by atoms with Crippen molar-refractivity contribution in [2.24, 2.45) is 5.16 Å². The molecule has 0 atom stereocenters. The number of nitrogens with one attached hydrogen (secondary N) is 1. The molecular weight excluding hydrogens is 364 g/mol. The second kappa shape index (κ2) is 14.1. The van der Waals surface area contributed by atoms with Gasteiger partial charge in [-0.05, 0) is 6.42 Å². The molecule has 0 aliphatic carbocycles. The number of anilines is 1. The van der Waals surface area contributed by atoms with Gasteiger partial charge in [-0.15, -0.1) is 0 Å². The second-order valence-corrected chi connectivity index (χ2v) is 5.80. The summed E-state index contributed by atoms with van der Waals surface area (Å²) < 4.78 is 14.5. The number of rotatable bonds is 16. The summed E-state index contributed by atoms with van der Waals surface area (Å²) >= 11 is 0.839. The number of nitrogens with zero attached hydrogens (tertiary/aromatic N) is 3. The van der Waals surface area contributed by atoms with E-state index in [-0.39, 0.29) is 24.2 Å². The fourth-order valence-corrected chi connectivity index (χ4v) is 2.29. The van der Waals surface area contributed by atoms with Crippen LogP contribution in [0.3, 0.4) is 0 Å². The van der Waals surface area contributed by atoms with E-state index in [1.807, 2.05) is 0 Å². The molecule has 146 valence electrons. The molecule has 0 aliphatic heterocycles. The Kier molecular flexibility index (Phi) is 11.9. The van der Waals surface area contributed by atoms with Crippen LogP contribution in [0.5, 0.6) is 0 Å². The van der Waals surface area contributed by atoms with Crippen molar-refractivity contribution in [3.05, 3.63) is 5.82 Å². The highest BCUT2D eigenvalue weighted by Gasteiger charge is 2.19. The largest absolute Gasteiger partial charge is 0.476 e. The van der Waals surface area contributed by atoms with Gasteiger partial charge in [-0.1, -0.05) is 31.3 Å². The topological polar surface area (TPSA) is 132 Å². The first-order chi connectivity index (χ1) is 12.7. The number of carboxylic acid groups (broad SMARTS) is 1. The Labute approximate surface area is 155 Å². The summed E-state index contributed by atoms with van der Waals surface area (Å²) in [5.74, 6) is -1.47. The zero-order chi connectivity index (χ0) is 19.0. The normalized spacial score (nSPS) is 11.3. The molecular formula is C15H24N4O6S. The summed E-state index contributed by atoms with van der Waals surface area (Å²) in [6, 6.07) is 0. The number of ether oxygens (including phenoxy) is 2. The average Bonchev–Trinajstić information content (AvgIpc) is 3.07. The highest BCUT2D eigenvalue weighted by Crippen LogP contribution is 2.10. The fourth-order valence-electron chi connectivity index (χ4n) is 1.76. The van der Waals surface area contributed by atoms with E-state index in [9.17, 15) is 9.59 Å². The second-order valence-electron chi connectivity index (χ2n) is 5.05. The first kappa shape index (κ1) is 21.9. The number of amides is 1. The number of carbonyl (C=O) groups excluding carboxylic acids is 1. The van der Waals surface area contributed by atoms with Crippen LogP contribution in [0.25, 0.3) is 0 Å². The lowest BCUT2D eigenvalue weighted by Gasteiger charge is -2.05. The number of oxime groups is 1. The van der Waals surface area contributed by atoms with Gasteiger partial charge in [-0.2, -0.15) is 9.36 Å². The lowest BCUT2D eigenvalue weighted by Crippen LogP contribution is -2.17. The van der Waals surface area contributed by atoms with Gasteiger partial charge in [0.05, 0.1) is 19.8 Å². The van der Waals surface area contributed by atoms with E-state index in [2.05, 4.69) is 26.8 Å². The Morgan fingerprint density at radius 2 is 1.92 bits per heavy atom. The van der Waals surface area contributed by atoms with Crippen molar-refractivity contribution in [1.29, 1.82) is 0 Å². The van der Waals surface area contributed by atoms with Gasteiger partial charge in [-0.3, -0.25) is 4.79 Å². The highest BCUT2D eigenvalue weighted by molar-refractivity contribution is 7.10. The predicted molar refractivity (Wildman–Crippen MR) is 95.5 cm³/mol. The molecule has 2 N–H and O–H groups in total. The number of carboxylic acids is 1. The zero-order valence-electron chi connectivity index (χ0n) is 14.7. The van der Waals surface area contributed by atoms with Crippen molar-refractivity contribution in [2.45, 2.75) is 32.6 Å². The molecule has 0 fully saturated rings. The molecule has 1 rings (SSSR count). The van der Waals surface area contributed by atoms with E-state index in [4.69, 9.17) is 19.4 Å². The van der Waals surface area contributed by atoms with Gasteiger partial charge in [0.1, 0.15) is 6.61 Å². The third-order valence-corrected chi connectivity index (χ3v) is 3.66. The Bertz CT molecular complexity index is 566. The first-order valence-electron chi connectivity index (χ1n) is 8.32. The number of aliphatic carboxylic acids is 1. The van der Waals surface area contributed by atoms with Gasteiger partial charge < -0.3 is 24.7 Å². The van der Waals surface area contributed by atoms with Gasteiger partial charge >= 0.3 is 5.97 Å². The van der Waals surface area contributed by atoms with Gasteiger partial charge in [-0.25, -0.2) is 4.79 Å². The summed E-state index contributed by atoms with van der Waals surface area (Å²) in [7, 11) is 0. The van der Waals surface area contributed by atoms with E-state index in [1.165, 1.54) is 19.3 Å². The van der Waals surface area contributed by atoms with E-state index in [1.54, 1.807) is 0 Å². The molecule has 0 spiro atoms. The van der Waals surface area contributed by atoms with Crippen molar-refractivity contribution >= 4 is 34.8 Å². The molecule has 1 aromatic heterocycles. The van der Waals surface area contributed by atoms with E-state index < -0.39 is 11.7 Å². The third-order valence-electron chi connectivity index (χ3n) is 3.01. The number of hydrogen-bond acceptors (Lipinski definition) is 9. The lowest BCUT2D eigenvalue weighted by molar-refractivity contribution is -0.129. The molecule has 0 aliphatic rings. The van der Waals surface area contributed by atoms with Crippen LogP contribution < -0.4 is 5.32 Å². The standard InChI is InChI=1S/C15H24N4O6S/c1-2-3-4-5-6-23-7-8-24-9-10-25-18-12(14(21)22)13-17-15(16-11-20)26-19-13/h11H,2-10H2,1H3,(H,21,22)(H,16,17,19,20)/b18-12-. The van der Waals surface area contributed by atoms with E-state index >= 15 is 0 Å². The highest BCUT2D eigenvalue weighted by atomic mass is 32.1. The van der Waals surface area contributed by atoms with Crippen LogP contribution in [0.15, 0.2) is 5.16 Å². The first-order valence-corrected chi connectivity index (χ1v) is 9.09.